The molecule has 0 aliphatic heterocycles. The molecule has 0 radical (unpaired) electrons. The second kappa shape index (κ2) is 4.77. The molecule has 1 aromatic rings. The number of hydrogen-bond donors (Lipinski definition) is 0. The lowest BCUT2D eigenvalue weighted by Crippen LogP contribution is -1.94. The predicted octanol–water partition coefficient (Wildman–Crippen LogP) is 3.45. The summed E-state index contributed by atoms with van der Waals surface area (Å²) in [7, 11) is 0. The Morgan fingerprint density at radius 3 is 2.69 bits per heavy atom. The van der Waals surface area contributed by atoms with Gasteiger partial charge < -0.3 is 0 Å². The molecule has 1 aromatic carbocycles. The molecule has 0 aromatic heterocycles. The van der Waals surface area contributed by atoms with Gasteiger partial charge in [0.1, 0.15) is 0 Å². The Hall–Kier alpha value is -0.350. The summed E-state index contributed by atoms with van der Waals surface area (Å²) in [5, 5.41) is 2.03. The molecule has 0 unspecified atom stereocenters. The fraction of sp³-hybridized carbons (Fsp3) is 0. The first-order valence-electron chi connectivity index (χ1n) is 3.22. The minimum atomic E-state index is -0.394. The molecule has 0 atom stereocenters. The van der Waals surface area contributed by atoms with E-state index >= 15 is 0 Å². The summed E-state index contributed by atoms with van der Waals surface area (Å²) in [5.74, 6) is -0.394. The summed E-state index contributed by atoms with van der Waals surface area (Å²) < 4.78 is 1.57. The number of hydrogen-bond acceptors (Lipinski definition) is 2. The molecule has 0 fully saturated rings. The molecule has 13 heavy (non-hydrogen) atoms. The van der Waals surface area contributed by atoms with Gasteiger partial charge in [-0.05, 0) is 46.3 Å². The molecular formula is C8H3Br2NOS. The van der Waals surface area contributed by atoms with E-state index in [4.69, 9.17) is 0 Å². The van der Waals surface area contributed by atoms with Crippen molar-refractivity contribution in [3.63, 3.8) is 0 Å². The predicted molar refractivity (Wildman–Crippen MR) is 61.2 cm³/mol. The van der Waals surface area contributed by atoms with Crippen LogP contribution in [0.3, 0.4) is 0 Å². The maximum Gasteiger partial charge on any atom is 0.286 e. The van der Waals surface area contributed by atoms with E-state index in [1.807, 2.05) is 5.16 Å². The zero-order chi connectivity index (χ0) is 9.84. The molecular weight excluding hydrogens is 318 g/mol. The molecule has 0 spiro atoms. The molecule has 0 aliphatic rings. The molecule has 0 N–H and O–H groups in total. The van der Waals surface area contributed by atoms with Gasteiger partial charge in [0, 0.05) is 8.95 Å². The van der Waals surface area contributed by atoms with Gasteiger partial charge in [-0.25, -0.2) is 0 Å². The zero-order valence-corrected chi connectivity index (χ0v) is 10.2. The number of isothiocyanates is 1. The molecule has 2 nitrogen and oxygen atoms in total. The number of benzene rings is 1. The van der Waals surface area contributed by atoms with Crippen LogP contribution in [0.4, 0.5) is 0 Å². The van der Waals surface area contributed by atoms with Gasteiger partial charge in [0.2, 0.25) is 0 Å². The van der Waals surface area contributed by atoms with E-state index in [1.54, 1.807) is 18.2 Å². The SMILES string of the molecule is O=C(N=C=S)c1ccc(Br)cc1Br. The highest BCUT2D eigenvalue weighted by Crippen LogP contribution is 2.22. The summed E-state index contributed by atoms with van der Waals surface area (Å²) in [5.41, 5.74) is 0.473. The molecule has 0 aliphatic carbocycles. The van der Waals surface area contributed by atoms with Gasteiger partial charge in [0.05, 0.1) is 10.7 Å². The third kappa shape index (κ3) is 2.81. The number of rotatable bonds is 1. The molecule has 0 heterocycles. The maximum absolute atomic E-state index is 11.2. The Morgan fingerprint density at radius 2 is 2.15 bits per heavy atom. The van der Waals surface area contributed by atoms with Crippen molar-refractivity contribution in [3.05, 3.63) is 32.7 Å². The third-order valence-corrected chi connectivity index (χ3v) is 2.55. The lowest BCUT2D eigenvalue weighted by molar-refractivity contribution is 0.100. The van der Waals surface area contributed by atoms with E-state index in [0.29, 0.717) is 10.0 Å². The maximum atomic E-state index is 11.2. The Morgan fingerprint density at radius 1 is 1.46 bits per heavy atom. The molecule has 1 amide bonds. The van der Waals surface area contributed by atoms with Gasteiger partial charge in [-0.2, -0.15) is 4.99 Å². The topological polar surface area (TPSA) is 29.4 Å². The molecule has 66 valence electrons. The fourth-order valence-electron chi connectivity index (χ4n) is 0.765. The number of halogens is 2. The van der Waals surface area contributed by atoms with Crippen molar-refractivity contribution in [1.29, 1.82) is 0 Å². The number of nitrogens with zero attached hydrogens (tertiary/aromatic N) is 1. The third-order valence-electron chi connectivity index (χ3n) is 1.31. The Bertz CT molecular complexity index is 399. The Kier molecular flexibility index (Phi) is 3.93. The van der Waals surface area contributed by atoms with E-state index in [9.17, 15) is 4.79 Å². The lowest BCUT2D eigenvalue weighted by atomic mass is 10.2. The number of amides is 1. The van der Waals surface area contributed by atoms with Crippen LogP contribution in [0.15, 0.2) is 32.1 Å². The normalized spacial score (nSPS) is 9.08. The standard InChI is InChI=1S/C8H3Br2NOS/c9-5-1-2-6(7(10)3-5)8(12)11-4-13/h1-3H. The lowest BCUT2D eigenvalue weighted by Gasteiger charge is -1.98. The first-order valence-corrected chi connectivity index (χ1v) is 5.22. The Balaban J connectivity index is 3.16. The fourth-order valence-corrected chi connectivity index (χ4v) is 2.06. The molecule has 0 saturated heterocycles. The smallest absolute Gasteiger partial charge is 0.266 e. The quantitative estimate of drug-likeness (QED) is 0.586. The van der Waals surface area contributed by atoms with Gasteiger partial charge in [-0.3, -0.25) is 4.79 Å². The number of carbonyl (C=O) groups excluding carboxylic acids is 1. The van der Waals surface area contributed by atoms with Crippen LogP contribution in [0.1, 0.15) is 10.4 Å². The highest BCUT2D eigenvalue weighted by molar-refractivity contribution is 9.11. The van der Waals surface area contributed by atoms with Crippen molar-refractivity contribution in [2.75, 3.05) is 0 Å². The van der Waals surface area contributed by atoms with Crippen LogP contribution in [0.5, 0.6) is 0 Å². The van der Waals surface area contributed by atoms with Crippen molar-refractivity contribution < 1.29 is 4.79 Å². The van der Waals surface area contributed by atoms with E-state index < -0.39 is 5.91 Å². The largest absolute Gasteiger partial charge is 0.286 e. The van der Waals surface area contributed by atoms with Crippen LogP contribution in [-0.4, -0.2) is 11.1 Å². The van der Waals surface area contributed by atoms with Gasteiger partial charge in [0.25, 0.3) is 5.91 Å². The first kappa shape index (κ1) is 10.7. The summed E-state index contributed by atoms with van der Waals surface area (Å²) >= 11 is 10.9. The van der Waals surface area contributed by atoms with Crippen LogP contribution in [0, 0.1) is 0 Å². The summed E-state index contributed by atoms with van der Waals surface area (Å²) in [6, 6.07) is 5.19. The van der Waals surface area contributed by atoms with E-state index in [-0.39, 0.29) is 0 Å². The average Bonchev–Trinajstić information content (AvgIpc) is 2.04. The average molecular weight is 321 g/mol. The van der Waals surface area contributed by atoms with E-state index in [1.165, 1.54) is 0 Å². The van der Waals surface area contributed by atoms with Crippen LogP contribution < -0.4 is 0 Å². The molecule has 0 bridgehead atoms. The van der Waals surface area contributed by atoms with Crippen molar-refractivity contribution in [2.45, 2.75) is 0 Å². The zero-order valence-electron chi connectivity index (χ0n) is 6.25. The number of carbonyl (C=O) groups is 1. The second-order valence-corrected chi connectivity index (χ2v) is 4.08. The highest BCUT2D eigenvalue weighted by Gasteiger charge is 2.07. The van der Waals surface area contributed by atoms with Gasteiger partial charge in [-0.15, -0.1) is 0 Å². The van der Waals surface area contributed by atoms with Crippen LogP contribution in [-0.2, 0) is 0 Å². The molecule has 5 heteroatoms. The number of thiocarbonyl (C=S) groups is 1. The summed E-state index contributed by atoms with van der Waals surface area (Å²) in [6.07, 6.45) is 0. The second-order valence-electron chi connectivity index (χ2n) is 2.13. The van der Waals surface area contributed by atoms with Gasteiger partial charge in [-0.1, -0.05) is 15.9 Å². The van der Waals surface area contributed by atoms with Crippen LogP contribution in [0.25, 0.3) is 0 Å². The van der Waals surface area contributed by atoms with Crippen LogP contribution >= 0.6 is 44.1 Å². The van der Waals surface area contributed by atoms with Crippen LogP contribution in [0.2, 0.25) is 0 Å². The van der Waals surface area contributed by atoms with Crippen molar-refractivity contribution in [2.24, 2.45) is 4.99 Å². The summed E-state index contributed by atoms with van der Waals surface area (Å²) in [6.45, 7) is 0. The van der Waals surface area contributed by atoms with Gasteiger partial charge in [0.15, 0.2) is 0 Å². The summed E-state index contributed by atoms with van der Waals surface area (Å²) in [4.78, 5) is 14.6. The van der Waals surface area contributed by atoms with Crippen molar-refractivity contribution in [3.8, 4) is 0 Å². The highest BCUT2D eigenvalue weighted by atomic mass is 79.9. The van der Waals surface area contributed by atoms with E-state index in [2.05, 4.69) is 49.1 Å². The molecule has 1 rings (SSSR count). The molecule has 0 saturated carbocycles. The minimum Gasteiger partial charge on any atom is -0.266 e. The van der Waals surface area contributed by atoms with Crippen molar-refractivity contribution in [1.82, 2.24) is 0 Å². The monoisotopic (exact) mass is 319 g/mol. The van der Waals surface area contributed by atoms with E-state index in [0.717, 1.165) is 4.47 Å². The number of aliphatic imine (C=N–C) groups is 1. The van der Waals surface area contributed by atoms with Crippen molar-refractivity contribution >= 4 is 55.1 Å². The Labute approximate surface area is 97.3 Å². The first-order chi connectivity index (χ1) is 6.15. The van der Waals surface area contributed by atoms with Gasteiger partial charge >= 0.3 is 0 Å². The minimum absolute atomic E-state index is 0.394.